The number of rotatable bonds is 4. The van der Waals surface area contributed by atoms with E-state index in [-0.39, 0.29) is 9.79 Å². The van der Waals surface area contributed by atoms with Crippen LogP contribution in [0.25, 0.3) is 0 Å². The summed E-state index contributed by atoms with van der Waals surface area (Å²) in [4.78, 5) is -0.0478. The summed E-state index contributed by atoms with van der Waals surface area (Å²) in [5.41, 5.74) is 0.878. The van der Waals surface area contributed by atoms with Crippen LogP contribution in [0.1, 0.15) is 5.56 Å². The van der Waals surface area contributed by atoms with Gasteiger partial charge in [0.1, 0.15) is 9.73 Å². The molecule has 0 aliphatic rings. The highest BCUT2D eigenvalue weighted by molar-refractivity contribution is 8.03. The number of aryl methyl sites for hydroxylation is 1. The van der Waals surface area contributed by atoms with Gasteiger partial charge < -0.3 is 0 Å². The van der Waals surface area contributed by atoms with Gasteiger partial charge in [-0.05, 0) is 31.2 Å². The van der Waals surface area contributed by atoms with E-state index in [1.165, 1.54) is 24.3 Å². The molecule has 1 unspecified atom stereocenters. The van der Waals surface area contributed by atoms with Crippen LogP contribution >= 0.6 is 0 Å². The topological polar surface area (TPSA) is 63.6 Å². The molecule has 0 radical (unpaired) electrons. The van der Waals surface area contributed by atoms with Crippen molar-refractivity contribution in [3.8, 4) is 0 Å². The number of hydrogen-bond acceptors (Lipinski definition) is 3. The third-order valence-corrected chi connectivity index (χ3v) is 6.72. The number of benzene rings is 2. The van der Waals surface area contributed by atoms with Gasteiger partial charge in [-0.3, -0.25) is 0 Å². The molecule has 21 heavy (non-hydrogen) atoms. The first-order valence-corrected chi connectivity index (χ1v) is 9.19. The molecule has 4 nitrogen and oxygen atoms in total. The van der Waals surface area contributed by atoms with E-state index in [2.05, 4.69) is 3.77 Å². The number of nitrogens with zero attached hydrogens (tertiary/aromatic N) is 1. The Morgan fingerprint density at radius 2 is 1.48 bits per heavy atom. The van der Waals surface area contributed by atoms with Crippen molar-refractivity contribution >= 4 is 19.8 Å². The molecule has 0 spiro atoms. The van der Waals surface area contributed by atoms with Gasteiger partial charge in [0, 0.05) is 0 Å². The molecule has 0 fully saturated rings. The van der Waals surface area contributed by atoms with E-state index >= 15 is 0 Å². The number of alkyl halides is 1. The summed E-state index contributed by atoms with van der Waals surface area (Å²) in [6.45, 7) is 1.81. The third kappa shape index (κ3) is 3.48. The van der Waals surface area contributed by atoms with Crippen LogP contribution in [0.5, 0.6) is 0 Å². The lowest BCUT2D eigenvalue weighted by Gasteiger charge is -2.06. The normalized spacial score (nSPS) is 14.4. The van der Waals surface area contributed by atoms with Crippen LogP contribution in [0.3, 0.4) is 0 Å². The van der Waals surface area contributed by atoms with Gasteiger partial charge in [-0.2, -0.15) is 8.42 Å². The SMILES string of the molecule is Cc1ccc(S(=O)(=O)N=S(=O)(CF)c2ccccc2)cc1. The second-order valence-corrected chi connectivity index (χ2v) is 8.41. The average Bonchev–Trinajstić information content (AvgIpc) is 2.48. The molecule has 0 bridgehead atoms. The Kier molecular flexibility index (Phi) is 4.43. The van der Waals surface area contributed by atoms with Gasteiger partial charge in [-0.25, -0.2) is 8.60 Å². The van der Waals surface area contributed by atoms with E-state index < -0.39 is 25.8 Å². The summed E-state index contributed by atoms with van der Waals surface area (Å²) in [6, 6.07) is 12.1. The molecule has 0 saturated carbocycles. The molecule has 0 aliphatic heterocycles. The second-order valence-electron chi connectivity index (χ2n) is 4.43. The Hall–Kier alpha value is -1.73. The molecule has 2 rings (SSSR count). The first-order valence-electron chi connectivity index (χ1n) is 6.06. The van der Waals surface area contributed by atoms with Gasteiger partial charge in [-0.15, -0.1) is 0 Å². The van der Waals surface area contributed by atoms with Gasteiger partial charge in [0.2, 0.25) is 0 Å². The summed E-state index contributed by atoms with van der Waals surface area (Å²) >= 11 is 0. The molecule has 0 aliphatic carbocycles. The smallest absolute Gasteiger partial charge is 0.241 e. The lowest BCUT2D eigenvalue weighted by molar-refractivity contribution is 0.573. The zero-order valence-electron chi connectivity index (χ0n) is 11.3. The molecule has 7 heteroatoms. The zero-order chi connectivity index (χ0) is 15.5. The van der Waals surface area contributed by atoms with Gasteiger partial charge in [0.25, 0.3) is 10.0 Å². The van der Waals surface area contributed by atoms with Crippen molar-refractivity contribution in [3.05, 3.63) is 60.2 Å². The summed E-state index contributed by atoms with van der Waals surface area (Å²) in [7, 11) is -7.84. The van der Waals surface area contributed by atoms with E-state index in [1.54, 1.807) is 30.3 Å². The molecule has 0 aromatic heterocycles. The van der Waals surface area contributed by atoms with Crippen LogP contribution in [0.2, 0.25) is 0 Å². The van der Waals surface area contributed by atoms with Crippen molar-refractivity contribution < 1.29 is 17.0 Å². The van der Waals surface area contributed by atoms with Crippen LogP contribution < -0.4 is 0 Å². The highest BCUT2D eigenvalue weighted by atomic mass is 32.3. The fourth-order valence-electron chi connectivity index (χ4n) is 1.67. The van der Waals surface area contributed by atoms with Crippen LogP contribution in [0.15, 0.2) is 68.2 Å². The van der Waals surface area contributed by atoms with E-state index in [4.69, 9.17) is 0 Å². The number of hydrogen-bond donors (Lipinski definition) is 0. The minimum atomic E-state index is -4.19. The molecular formula is C14H14FNO3S2. The van der Waals surface area contributed by atoms with Crippen molar-refractivity contribution in [2.75, 3.05) is 6.01 Å². The van der Waals surface area contributed by atoms with Crippen molar-refractivity contribution in [1.82, 2.24) is 0 Å². The van der Waals surface area contributed by atoms with Crippen molar-refractivity contribution in [3.63, 3.8) is 0 Å². The maximum absolute atomic E-state index is 13.2. The standard InChI is InChI=1S/C14H14FNO3S2/c1-12-7-9-14(10-8-12)21(18,19)16-20(17,11-15)13-5-3-2-4-6-13/h2-10H,11H2,1H3. The molecule has 0 heterocycles. The van der Waals surface area contributed by atoms with Crippen molar-refractivity contribution in [2.24, 2.45) is 3.77 Å². The summed E-state index contributed by atoms with van der Waals surface area (Å²) in [5, 5.41) is 0. The molecule has 2 aromatic carbocycles. The van der Waals surface area contributed by atoms with E-state index in [0.29, 0.717) is 0 Å². The van der Waals surface area contributed by atoms with Crippen molar-refractivity contribution in [1.29, 1.82) is 0 Å². The second kappa shape index (κ2) is 5.95. The molecule has 112 valence electrons. The molecule has 0 amide bonds. The van der Waals surface area contributed by atoms with Crippen LogP contribution in [-0.2, 0) is 19.8 Å². The van der Waals surface area contributed by atoms with E-state index in [0.717, 1.165) is 5.56 Å². The average molecular weight is 327 g/mol. The number of sulfonamides is 1. The Balaban J connectivity index is 2.59. The van der Waals surface area contributed by atoms with Crippen LogP contribution in [0.4, 0.5) is 4.39 Å². The highest BCUT2D eigenvalue weighted by Gasteiger charge is 2.20. The molecular weight excluding hydrogens is 313 g/mol. The van der Waals surface area contributed by atoms with Gasteiger partial charge in [0.05, 0.1) is 9.79 Å². The van der Waals surface area contributed by atoms with E-state index in [1.807, 2.05) is 6.92 Å². The fraction of sp³-hybridized carbons (Fsp3) is 0.143. The first-order chi connectivity index (χ1) is 9.87. The largest absolute Gasteiger partial charge is 0.290 e. The third-order valence-electron chi connectivity index (χ3n) is 2.80. The van der Waals surface area contributed by atoms with Gasteiger partial charge in [0.15, 0.2) is 6.01 Å². The predicted octanol–water partition coefficient (Wildman–Crippen LogP) is 3.14. The summed E-state index contributed by atoms with van der Waals surface area (Å²) < 4.78 is 53.4. The molecule has 0 saturated heterocycles. The predicted molar refractivity (Wildman–Crippen MR) is 79.6 cm³/mol. The number of halogens is 1. The Morgan fingerprint density at radius 1 is 0.905 bits per heavy atom. The minimum absolute atomic E-state index is 0.0585. The maximum atomic E-state index is 13.2. The quantitative estimate of drug-likeness (QED) is 0.866. The Morgan fingerprint density at radius 3 is 2.00 bits per heavy atom. The molecule has 0 N–H and O–H groups in total. The first kappa shape index (κ1) is 15.7. The van der Waals surface area contributed by atoms with E-state index in [9.17, 15) is 17.0 Å². The zero-order valence-corrected chi connectivity index (χ0v) is 12.9. The fourth-order valence-corrected chi connectivity index (χ4v) is 4.98. The highest BCUT2D eigenvalue weighted by Crippen LogP contribution is 2.20. The lowest BCUT2D eigenvalue weighted by Crippen LogP contribution is -2.08. The maximum Gasteiger partial charge on any atom is 0.290 e. The van der Waals surface area contributed by atoms with Crippen LogP contribution in [0, 0.1) is 6.92 Å². The molecule has 1 atom stereocenters. The Bertz CT molecular complexity index is 838. The minimum Gasteiger partial charge on any atom is -0.241 e. The van der Waals surface area contributed by atoms with Crippen LogP contribution in [-0.4, -0.2) is 18.6 Å². The van der Waals surface area contributed by atoms with Gasteiger partial charge >= 0.3 is 0 Å². The lowest BCUT2D eigenvalue weighted by atomic mass is 10.2. The summed E-state index contributed by atoms with van der Waals surface area (Å²) in [6.07, 6.45) is 0. The summed E-state index contributed by atoms with van der Waals surface area (Å²) in [5.74, 6) is 0. The monoisotopic (exact) mass is 327 g/mol. The molecule has 2 aromatic rings. The van der Waals surface area contributed by atoms with Crippen molar-refractivity contribution in [2.45, 2.75) is 16.7 Å². The van der Waals surface area contributed by atoms with Gasteiger partial charge in [-0.1, -0.05) is 39.7 Å². The Labute approximate surface area is 123 Å².